The molecule has 4 aromatic rings. The van der Waals surface area contributed by atoms with Crippen LogP contribution in [0.3, 0.4) is 0 Å². The number of carbonyl (C=O) groups excluding carboxylic acids is 1. The molecule has 8 heteroatoms. The molecule has 0 saturated heterocycles. The van der Waals surface area contributed by atoms with Crippen molar-refractivity contribution in [2.24, 2.45) is 0 Å². The maximum atomic E-state index is 13.1. The number of nitrogens with zero attached hydrogens (tertiary/aromatic N) is 2. The number of phenolic OH excluding ortho intramolecular Hbond substituents is 1. The minimum atomic E-state index is -0.361. The van der Waals surface area contributed by atoms with Gasteiger partial charge in [0.25, 0.3) is 5.91 Å². The second-order valence-corrected chi connectivity index (χ2v) is 10.2. The molecule has 0 saturated carbocycles. The first-order valence-corrected chi connectivity index (χ1v) is 12.6. The average molecular weight is 538 g/mol. The van der Waals surface area contributed by atoms with Gasteiger partial charge in [-0.05, 0) is 48.9 Å². The molecule has 0 bridgehead atoms. The summed E-state index contributed by atoms with van der Waals surface area (Å²) in [4.78, 5) is 23.8. The van der Waals surface area contributed by atoms with Crippen LogP contribution in [-0.4, -0.2) is 21.0 Å². The van der Waals surface area contributed by atoms with Crippen molar-refractivity contribution in [3.8, 4) is 5.75 Å². The van der Waals surface area contributed by atoms with Gasteiger partial charge in [0.15, 0.2) is 5.16 Å². The molecular weight excluding hydrogens is 518 g/mol. The molecule has 1 aromatic heterocycles. The van der Waals surface area contributed by atoms with Gasteiger partial charge in [-0.15, -0.1) is 0 Å². The Labute approximate surface area is 209 Å². The van der Waals surface area contributed by atoms with Gasteiger partial charge in [-0.25, -0.2) is 9.97 Å². The monoisotopic (exact) mass is 537 g/mol. The van der Waals surface area contributed by atoms with Crippen LogP contribution in [0.1, 0.15) is 21.6 Å². The predicted molar refractivity (Wildman–Crippen MR) is 137 cm³/mol. The Morgan fingerprint density at radius 1 is 1.06 bits per heavy atom. The largest absolute Gasteiger partial charge is 0.508 e. The van der Waals surface area contributed by atoms with Gasteiger partial charge in [-0.2, -0.15) is 0 Å². The number of anilines is 1. The predicted octanol–water partition coefficient (Wildman–Crippen LogP) is 6.95. The highest BCUT2D eigenvalue weighted by Crippen LogP contribution is 2.32. The molecule has 2 N–H and O–H groups in total. The number of thioether (sulfide) groups is 1. The van der Waals surface area contributed by atoms with E-state index in [1.165, 1.54) is 40.7 Å². The van der Waals surface area contributed by atoms with Crippen LogP contribution in [0.25, 0.3) is 0 Å². The molecule has 0 spiro atoms. The van der Waals surface area contributed by atoms with Gasteiger partial charge in [-0.1, -0.05) is 75.3 Å². The van der Waals surface area contributed by atoms with E-state index in [9.17, 15) is 9.90 Å². The van der Waals surface area contributed by atoms with Crippen LogP contribution < -0.4 is 5.32 Å². The number of hydrogen-bond acceptors (Lipinski definition) is 6. The van der Waals surface area contributed by atoms with E-state index in [2.05, 4.69) is 56.3 Å². The van der Waals surface area contributed by atoms with Crippen molar-refractivity contribution in [3.05, 3.63) is 100 Å². The van der Waals surface area contributed by atoms with E-state index >= 15 is 0 Å². The summed E-state index contributed by atoms with van der Waals surface area (Å²) in [6.07, 6.45) is 1.69. The first kappa shape index (κ1) is 23.4. The maximum Gasteiger partial charge on any atom is 0.275 e. The maximum absolute atomic E-state index is 13.1. The Hall–Kier alpha value is -2.81. The van der Waals surface area contributed by atoms with Crippen LogP contribution in [0.15, 0.2) is 98.4 Å². The molecule has 5 nitrogen and oxygen atoms in total. The zero-order chi connectivity index (χ0) is 23.2. The summed E-state index contributed by atoms with van der Waals surface area (Å²) in [7, 11) is 0. The highest BCUT2D eigenvalue weighted by Gasteiger charge is 2.17. The third-order valence-electron chi connectivity index (χ3n) is 4.54. The van der Waals surface area contributed by atoms with Crippen LogP contribution in [-0.2, 0) is 5.75 Å². The lowest BCUT2D eigenvalue weighted by molar-refractivity contribution is 0.101. The fourth-order valence-electron chi connectivity index (χ4n) is 3.01. The van der Waals surface area contributed by atoms with Crippen LogP contribution in [0, 0.1) is 6.92 Å². The molecule has 4 rings (SSSR count). The molecule has 0 fully saturated rings. The number of carbonyl (C=O) groups is 1. The molecule has 0 aliphatic heterocycles. The van der Waals surface area contributed by atoms with E-state index in [4.69, 9.17) is 0 Å². The molecule has 3 aromatic carbocycles. The van der Waals surface area contributed by atoms with Gasteiger partial charge < -0.3 is 10.4 Å². The number of benzene rings is 3. The SMILES string of the molecule is Cc1cccc(CSc2ncc(Sc3ccc(Br)cc3)c(C(=O)Nc3cccc(O)c3)n2)c1. The second kappa shape index (κ2) is 10.9. The summed E-state index contributed by atoms with van der Waals surface area (Å²) < 4.78 is 0.979. The molecule has 0 aliphatic rings. The van der Waals surface area contributed by atoms with E-state index in [0.29, 0.717) is 21.5 Å². The number of aromatic hydroxyl groups is 1. The number of phenols is 1. The number of halogens is 1. The number of amides is 1. The van der Waals surface area contributed by atoms with Gasteiger partial charge in [-0.3, -0.25) is 4.79 Å². The first-order valence-electron chi connectivity index (χ1n) is 10.1. The smallest absolute Gasteiger partial charge is 0.275 e. The molecule has 0 aliphatic carbocycles. The Morgan fingerprint density at radius 2 is 1.85 bits per heavy atom. The minimum Gasteiger partial charge on any atom is -0.508 e. The molecule has 0 radical (unpaired) electrons. The number of aromatic nitrogens is 2. The Kier molecular flexibility index (Phi) is 7.69. The van der Waals surface area contributed by atoms with Gasteiger partial charge in [0.05, 0.1) is 4.90 Å². The minimum absolute atomic E-state index is 0.0781. The van der Waals surface area contributed by atoms with Gasteiger partial charge in [0.2, 0.25) is 0 Å². The summed E-state index contributed by atoms with van der Waals surface area (Å²) in [6, 6.07) is 22.5. The fourth-order valence-corrected chi connectivity index (χ4v) is 4.90. The summed E-state index contributed by atoms with van der Waals surface area (Å²) in [6.45, 7) is 2.06. The van der Waals surface area contributed by atoms with Crippen LogP contribution in [0.4, 0.5) is 5.69 Å². The molecular formula is C25H20BrN3O2S2. The highest BCUT2D eigenvalue weighted by molar-refractivity contribution is 9.10. The van der Waals surface area contributed by atoms with Crippen molar-refractivity contribution in [2.75, 3.05) is 5.32 Å². The number of nitrogens with one attached hydrogen (secondary N) is 1. The third kappa shape index (κ3) is 6.60. The van der Waals surface area contributed by atoms with Crippen molar-refractivity contribution in [1.29, 1.82) is 0 Å². The van der Waals surface area contributed by atoms with Crippen LogP contribution in [0.2, 0.25) is 0 Å². The normalized spacial score (nSPS) is 10.7. The van der Waals surface area contributed by atoms with Crippen molar-refractivity contribution >= 4 is 51.0 Å². The molecule has 166 valence electrons. The van der Waals surface area contributed by atoms with Crippen molar-refractivity contribution < 1.29 is 9.90 Å². The van der Waals surface area contributed by atoms with E-state index in [1.54, 1.807) is 24.4 Å². The van der Waals surface area contributed by atoms with Crippen LogP contribution in [0.5, 0.6) is 5.75 Å². The lowest BCUT2D eigenvalue weighted by Crippen LogP contribution is -2.15. The van der Waals surface area contributed by atoms with E-state index in [-0.39, 0.29) is 17.4 Å². The Bertz CT molecular complexity index is 1280. The molecule has 0 atom stereocenters. The molecule has 1 amide bonds. The van der Waals surface area contributed by atoms with Crippen molar-refractivity contribution in [3.63, 3.8) is 0 Å². The number of rotatable bonds is 7. The molecule has 1 heterocycles. The summed E-state index contributed by atoms with van der Waals surface area (Å²) in [5, 5.41) is 13.1. The van der Waals surface area contributed by atoms with Gasteiger partial charge >= 0.3 is 0 Å². The number of aryl methyl sites for hydroxylation is 1. The average Bonchev–Trinajstić information content (AvgIpc) is 2.80. The topological polar surface area (TPSA) is 75.1 Å². The van der Waals surface area contributed by atoms with E-state index in [1.807, 2.05) is 30.3 Å². The zero-order valence-electron chi connectivity index (χ0n) is 17.7. The summed E-state index contributed by atoms with van der Waals surface area (Å²) >= 11 is 6.35. The standard InChI is InChI=1S/C25H20BrN3O2S2/c1-16-4-2-5-17(12-16)15-32-25-27-14-22(33-21-10-8-18(26)9-11-21)23(29-25)24(31)28-19-6-3-7-20(30)13-19/h2-14,30H,15H2,1H3,(H,28,31). The van der Waals surface area contributed by atoms with E-state index in [0.717, 1.165) is 9.37 Å². The van der Waals surface area contributed by atoms with E-state index < -0.39 is 0 Å². The van der Waals surface area contributed by atoms with Crippen LogP contribution >= 0.6 is 39.5 Å². The van der Waals surface area contributed by atoms with Crippen molar-refractivity contribution in [1.82, 2.24) is 9.97 Å². The summed E-state index contributed by atoms with van der Waals surface area (Å²) in [5.74, 6) is 0.420. The molecule has 33 heavy (non-hydrogen) atoms. The van der Waals surface area contributed by atoms with Gasteiger partial charge in [0.1, 0.15) is 11.4 Å². The second-order valence-electron chi connectivity index (χ2n) is 7.20. The highest BCUT2D eigenvalue weighted by atomic mass is 79.9. The first-order chi connectivity index (χ1) is 16.0. The molecule has 0 unspecified atom stereocenters. The Morgan fingerprint density at radius 3 is 2.61 bits per heavy atom. The number of hydrogen-bond donors (Lipinski definition) is 2. The van der Waals surface area contributed by atoms with Crippen molar-refractivity contribution in [2.45, 2.75) is 27.6 Å². The lowest BCUT2D eigenvalue weighted by atomic mass is 10.2. The van der Waals surface area contributed by atoms with Gasteiger partial charge in [0, 0.05) is 33.1 Å². The lowest BCUT2D eigenvalue weighted by Gasteiger charge is -2.11. The third-order valence-corrected chi connectivity index (χ3v) is 7.03. The Balaban J connectivity index is 1.60. The fraction of sp³-hybridized carbons (Fsp3) is 0.0800. The quantitative estimate of drug-likeness (QED) is 0.196. The zero-order valence-corrected chi connectivity index (χ0v) is 20.9. The summed E-state index contributed by atoms with van der Waals surface area (Å²) in [5.41, 5.74) is 3.14.